The van der Waals surface area contributed by atoms with Crippen LogP contribution in [0.4, 0.5) is 0 Å². The lowest BCUT2D eigenvalue weighted by Crippen LogP contribution is -1.58. The predicted molar refractivity (Wildman–Crippen MR) is 49.4 cm³/mol. The van der Waals surface area contributed by atoms with Crippen LogP contribution in [0.25, 0.3) is 6.08 Å². The van der Waals surface area contributed by atoms with Gasteiger partial charge in [-0.25, -0.2) is 0 Å². The zero-order chi connectivity index (χ0) is 7.72. The lowest BCUT2D eigenvalue weighted by Gasteiger charge is -1.83. The monoisotopic (exact) mass is 212 g/mol. The molecule has 0 saturated carbocycles. The lowest BCUT2D eigenvalue weighted by molar-refractivity contribution is 1.94. The Hall–Kier alpha value is 0.310. The van der Waals surface area contributed by atoms with Crippen molar-refractivity contribution >= 4 is 52.2 Å². The Kier molecular flexibility index (Phi) is 2.64. The molecule has 4 heteroatoms. The summed E-state index contributed by atoms with van der Waals surface area (Å²) < 4.78 is 0.515. The summed E-state index contributed by atoms with van der Waals surface area (Å²) in [5.41, 5.74) is 0. The van der Waals surface area contributed by atoms with Crippen LogP contribution in [0.5, 0.6) is 0 Å². The van der Waals surface area contributed by atoms with Crippen LogP contribution in [-0.4, -0.2) is 0 Å². The van der Waals surface area contributed by atoms with E-state index in [0.29, 0.717) is 14.4 Å². The molecule has 0 radical (unpaired) electrons. The first kappa shape index (κ1) is 8.41. The highest BCUT2D eigenvalue weighted by Gasteiger charge is 2.10. The van der Waals surface area contributed by atoms with Gasteiger partial charge in [0.1, 0.15) is 4.34 Å². The molecule has 0 aliphatic heterocycles. The van der Waals surface area contributed by atoms with E-state index in [1.807, 2.05) is 0 Å². The normalized spacial score (nSPS) is 9.90. The molecule has 1 aromatic rings. The van der Waals surface area contributed by atoms with Gasteiger partial charge in [-0.2, -0.15) is 0 Å². The van der Waals surface area contributed by atoms with Crippen LogP contribution >= 0.6 is 46.1 Å². The molecule has 0 saturated heterocycles. The molecule has 0 nitrogen and oxygen atoms in total. The molecule has 0 aromatic carbocycles. The Labute approximate surface area is 78.0 Å². The highest BCUT2D eigenvalue weighted by atomic mass is 35.5. The zero-order valence-corrected chi connectivity index (χ0v) is 7.91. The topological polar surface area (TPSA) is 0 Å². The van der Waals surface area contributed by atoms with Gasteiger partial charge in [-0.15, -0.1) is 11.3 Å². The zero-order valence-electron chi connectivity index (χ0n) is 4.83. The number of thiophene rings is 1. The van der Waals surface area contributed by atoms with Gasteiger partial charge >= 0.3 is 0 Å². The molecule has 0 N–H and O–H groups in total. The second kappa shape index (κ2) is 3.14. The van der Waals surface area contributed by atoms with Crippen molar-refractivity contribution in [2.45, 2.75) is 0 Å². The number of hydrogen-bond donors (Lipinski definition) is 0. The van der Waals surface area contributed by atoms with Crippen molar-refractivity contribution in [3.63, 3.8) is 0 Å². The summed E-state index contributed by atoms with van der Waals surface area (Å²) in [6.07, 6.45) is 1.63. The van der Waals surface area contributed by atoms with Gasteiger partial charge in [-0.3, -0.25) is 0 Å². The van der Waals surface area contributed by atoms with Crippen molar-refractivity contribution in [3.8, 4) is 0 Å². The van der Waals surface area contributed by atoms with Gasteiger partial charge in [-0.1, -0.05) is 47.5 Å². The minimum Gasteiger partial charge on any atom is -0.121 e. The maximum absolute atomic E-state index is 5.74. The van der Waals surface area contributed by atoms with Crippen molar-refractivity contribution < 1.29 is 0 Å². The summed E-state index contributed by atoms with van der Waals surface area (Å²) in [5.74, 6) is 0. The van der Waals surface area contributed by atoms with Crippen LogP contribution in [0.15, 0.2) is 6.58 Å². The molecule has 0 bridgehead atoms. The second-order valence-corrected chi connectivity index (χ2v) is 3.98. The molecule has 1 heterocycles. The van der Waals surface area contributed by atoms with E-state index in [2.05, 4.69) is 6.58 Å². The fourth-order valence-electron chi connectivity index (χ4n) is 0.512. The Bertz CT molecular complexity index is 264. The maximum atomic E-state index is 5.74. The molecule has 54 valence electrons. The lowest BCUT2D eigenvalue weighted by atomic mass is 10.5. The number of hydrogen-bond acceptors (Lipinski definition) is 1. The fraction of sp³-hybridized carbons (Fsp3) is 0. The largest absolute Gasteiger partial charge is 0.121 e. The molecule has 0 unspecified atom stereocenters. The highest BCUT2D eigenvalue weighted by molar-refractivity contribution is 7.18. The van der Waals surface area contributed by atoms with E-state index >= 15 is 0 Å². The summed E-state index contributed by atoms with van der Waals surface area (Å²) in [6.45, 7) is 3.55. The summed E-state index contributed by atoms with van der Waals surface area (Å²) in [6, 6.07) is 0. The van der Waals surface area contributed by atoms with Gasteiger partial charge in [0.15, 0.2) is 0 Å². The standard InChI is InChI=1S/C6H3Cl3S/c1-2-3-4(7)5(8)6(9)10-3/h2H,1H2. The molecule has 0 spiro atoms. The smallest absolute Gasteiger partial charge is 0.114 e. The highest BCUT2D eigenvalue weighted by Crippen LogP contribution is 2.40. The molecule has 10 heavy (non-hydrogen) atoms. The molecule has 0 amide bonds. The first-order valence-corrected chi connectivity index (χ1v) is 4.37. The van der Waals surface area contributed by atoms with Crippen LogP contribution in [-0.2, 0) is 0 Å². The fourth-order valence-corrected chi connectivity index (χ4v) is 2.18. The van der Waals surface area contributed by atoms with Crippen molar-refractivity contribution in [1.29, 1.82) is 0 Å². The summed E-state index contributed by atoms with van der Waals surface area (Å²) in [7, 11) is 0. The first-order valence-electron chi connectivity index (χ1n) is 2.42. The van der Waals surface area contributed by atoms with E-state index in [0.717, 1.165) is 4.88 Å². The van der Waals surface area contributed by atoms with E-state index in [1.165, 1.54) is 11.3 Å². The van der Waals surface area contributed by atoms with E-state index in [4.69, 9.17) is 34.8 Å². The SMILES string of the molecule is C=Cc1sc(Cl)c(Cl)c1Cl. The molecule has 1 rings (SSSR count). The molecule has 0 fully saturated rings. The summed E-state index contributed by atoms with van der Waals surface area (Å²) >= 11 is 18.4. The third-order valence-electron chi connectivity index (χ3n) is 0.967. The molecule has 0 atom stereocenters. The number of halogens is 3. The average Bonchev–Trinajstić information content (AvgIpc) is 2.17. The Morgan fingerprint density at radius 1 is 1.20 bits per heavy atom. The molecule has 0 aliphatic carbocycles. The minimum atomic E-state index is 0.420. The van der Waals surface area contributed by atoms with Gasteiger partial charge in [0, 0.05) is 4.88 Å². The van der Waals surface area contributed by atoms with Gasteiger partial charge in [-0.05, 0) is 0 Å². The Morgan fingerprint density at radius 2 is 1.80 bits per heavy atom. The van der Waals surface area contributed by atoms with Crippen LogP contribution in [0.1, 0.15) is 4.88 Å². The minimum absolute atomic E-state index is 0.420. The van der Waals surface area contributed by atoms with E-state index in [-0.39, 0.29) is 0 Å². The third kappa shape index (κ3) is 1.32. The molecule has 0 aliphatic rings. The van der Waals surface area contributed by atoms with E-state index < -0.39 is 0 Å². The van der Waals surface area contributed by atoms with Crippen LogP contribution < -0.4 is 0 Å². The van der Waals surface area contributed by atoms with Crippen molar-refractivity contribution in [2.24, 2.45) is 0 Å². The van der Waals surface area contributed by atoms with Crippen molar-refractivity contribution in [2.75, 3.05) is 0 Å². The summed E-state index contributed by atoms with van der Waals surface area (Å²) in [4.78, 5) is 0.816. The Morgan fingerprint density at radius 3 is 2.00 bits per heavy atom. The van der Waals surface area contributed by atoms with Gasteiger partial charge < -0.3 is 0 Å². The Balaban J connectivity index is 3.30. The van der Waals surface area contributed by atoms with E-state index in [1.54, 1.807) is 6.08 Å². The maximum Gasteiger partial charge on any atom is 0.114 e. The molecular formula is C6H3Cl3S. The second-order valence-electron chi connectivity index (χ2n) is 1.57. The van der Waals surface area contributed by atoms with Gasteiger partial charge in [0.05, 0.1) is 10.0 Å². The van der Waals surface area contributed by atoms with Crippen LogP contribution in [0.2, 0.25) is 14.4 Å². The molecule has 1 aromatic heterocycles. The average molecular weight is 214 g/mol. The van der Waals surface area contributed by atoms with E-state index in [9.17, 15) is 0 Å². The van der Waals surface area contributed by atoms with Crippen molar-refractivity contribution in [3.05, 3.63) is 25.8 Å². The van der Waals surface area contributed by atoms with Gasteiger partial charge in [0.25, 0.3) is 0 Å². The third-order valence-corrected chi connectivity index (χ3v) is 3.55. The predicted octanol–water partition coefficient (Wildman–Crippen LogP) is 4.35. The molecular weight excluding hydrogens is 210 g/mol. The first-order chi connectivity index (χ1) is 4.66. The van der Waals surface area contributed by atoms with Crippen LogP contribution in [0.3, 0.4) is 0 Å². The van der Waals surface area contributed by atoms with Crippen LogP contribution in [0, 0.1) is 0 Å². The summed E-state index contributed by atoms with van der Waals surface area (Å²) in [5, 5.41) is 0.912. The van der Waals surface area contributed by atoms with Crippen molar-refractivity contribution in [1.82, 2.24) is 0 Å². The van der Waals surface area contributed by atoms with Gasteiger partial charge in [0.2, 0.25) is 0 Å². The number of rotatable bonds is 1. The quantitative estimate of drug-likeness (QED) is 0.650.